The Balaban J connectivity index is 1.92. The van der Waals surface area contributed by atoms with Crippen LogP contribution in [0.5, 0.6) is 0 Å². The molecule has 4 aliphatic rings. The van der Waals surface area contributed by atoms with Crippen molar-refractivity contribution in [2.75, 3.05) is 0 Å². The minimum atomic E-state index is -1.35. The first kappa shape index (κ1) is 16.1. The van der Waals surface area contributed by atoms with E-state index in [0.717, 1.165) is 12.8 Å². The largest absolute Gasteiger partial charge is 0.487 e. The lowest BCUT2D eigenvalue weighted by Crippen LogP contribution is -2.69. The van der Waals surface area contributed by atoms with E-state index >= 15 is 0 Å². The van der Waals surface area contributed by atoms with Crippen molar-refractivity contribution in [1.82, 2.24) is 0 Å². The van der Waals surface area contributed by atoms with Crippen LogP contribution in [0.2, 0.25) is 0 Å². The Labute approximate surface area is 140 Å². The van der Waals surface area contributed by atoms with Gasteiger partial charge in [0.05, 0.1) is 5.60 Å². The van der Waals surface area contributed by atoms with Gasteiger partial charge in [0.25, 0.3) is 0 Å². The van der Waals surface area contributed by atoms with Crippen molar-refractivity contribution in [1.29, 1.82) is 0 Å². The Morgan fingerprint density at radius 1 is 1.17 bits per heavy atom. The topological polar surface area (TPSA) is 93.1 Å². The Hall–Kier alpha value is -1.40. The van der Waals surface area contributed by atoms with Gasteiger partial charge in [0.15, 0.2) is 17.6 Å². The highest BCUT2D eigenvalue weighted by Gasteiger charge is 2.68. The number of hydrogen-bond acceptors (Lipinski definition) is 6. The third kappa shape index (κ3) is 1.68. The summed E-state index contributed by atoms with van der Waals surface area (Å²) in [5.74, 6) is -1.45. The van der Waals surface area contributed by atoms with E-state index < -0.39 is 41.2 Å². The lowest BCUT2D eigenvalue weighted by atomic mass is 9.48. The zero-order chi connectivity index (χ0) is 17.4. The molecule has 0 aromatic rings. The fourth-order valence-electron chi connectivity index (χ4n) is 5.45. The fourth-order valence-corrected chi connectivity index (χ4v) is 5.45. The second kappa shape index (κ2) is 4.82. The quantitative estimate of drug-likeness (QED) is 0.508. The number of aliphatic hydroxyl groups excluding tert-OH is 1. The molecule has 2 N–H and O–H groups in total. The van der Waals surface area contributed by atoms with Gasteiger partial charge in [-0.2, -0.15) is 0 Å². The highest BCUT2D eigenvalue weighted by atomic mass is 16.6. The highest BCUT2D eigenvalue weighted by Crippen LogP contribution is 2.59. The van der Waals surface area contributed by atoms with Gasteiger partial charge in [-0.05, 0) is 19.8 Å². The van der Waals surface area contributed by atoms with Crippen LogP contribution in [0.4, 0.5) is 0 Å². The van der Waals surface area contributed by atoms with Crippen LogP contribution in [-0.4, -0.2) is 45.9 Å². The summed E-state index contributed by atoms with van der Waals surface area (Å²) in [7, 11) is 0. The van der Waals surface area contributed by atoms with Gasteiger partial charge in [0.1, 0.15) is 17.8 Å². The Kier molecular flexibility index (Phi) is 3.23. The van der Waals surface area contributed by atoms with E-state index in [1.165, 1.54) is 0 Å². The Morgan fingerprint density at radius 3 is 2.58 bits per heavy atom. The molecule has 6 nitrogen and oxygen atoms in total. The summed E-state index contributed by atoms with van der Waals surface area (Å²) in [6.45, 7) is 5.34. The molecule has 0 spiro atoms. The number of fused-ring (bicyclic) bond motifs is 4. The average molecular weight is 336 g/mol. The molecule has 7 atom stereocenters. The normalized spacial score (nSPS) is 50.6. The number of ether oxygens (including phenoxy) is 2. The first-order valence-corrected chi connectivity index (χ1v) is 8.80. The summed E-state index contributed by atoms with van der Waals surface area (Å²) >= 11 is 0. The summed E-state index contributed by atoms with van der Waals surface area (Å²) in [6, 6.07) is 0. The van der Waals surface area contributed by atoms with Crippen LogP contribution in [0.15, 0.2) is 11.3 Å². The van der Waals surface area contributed by atoms with Crippen molar-refractivity contribution in [3.05, 3.63) is 11.3 Å². The van der Waals surface area contributed by atoms with Gasteiger partial charge in [0.2, 0.25) is 0 Å². The average Bonchev–Trinajstić information content (AvgIpc) is 2.78. The third-order valence-corrected chi connectivity index (χ3v) is 6.99. The van der Waals surface area contributed by atoms with Crippen LogP contribution in [0.25, 0.3) is 0 Å². The van der Waals surface area contributed by atoms with E-state index in [1.54, 1.807) is 6.92 Å². The summed E-state index contributed by atoms with van der Waals surface area (Å²) < 4.78 is 11.1. The van der Waals surface area contributed by atoms with Crippen LogP contribution in [0.1, 0.15) is 46.5 Å². The second-order valence-corrected chi connectivity index (χ2v) is 8.00. The van der Waals surface area contributed by atoms with Crippen molar-refractivity contribution in [3.63, 3.8) is 0 Å². The number of aliphatic hydroxyl groups is 2. The molecule has 2 saturated carbocycles. The predicted octanol–water partition coefficient (Wildman–Crippen LogP) is 1.09. The number of ketones is 1. The van der Waals surface area contributed by atoms with Crippen LogP contribution in [0.3, 0.4) is 0 Å². The molecule has 2 fully saturated rings. The first-order valence-electron chi connectivity index (χ1n) is 8.80. The van der Waals surface area contributed by atoms with E-state index in [0.29, 0.717) is 12.8 Å². The molecule has 6 heteroatoms. The molecule has 0 aromatic heterocycles. The van der Waals surface area contributed by atoms with Gasteiger partial charge in [-0.25, -0.2) is 4.79 Å². The fraction of sp³-hybridized carbons (Fsp3) is 0.778. The highest BCUT2D eigenvalue weighted by molar-refractivity contribution is 6.21. The smallest absolute Gasteiger partial charge is 0.346 e. The molecule has 2 heterocycles. The van der Waals surface area contributed by atoms with Gasteiger partial charge in [-0.1, -0.05) is 26.7 Å². The predicted molar refractivity (Wildman–Crippen MR) is 82.6 cm³/mol. The molecule has 24 heavy (non-hydrogen) atoms. The zero-order valence-electron chi connectivity index (χ0n) is 14.2. The van der Waals surface area contributed by atoms with Crippen LogP contribution >= 0.6 is 0 Å². The van der Waals surface area contributed by atoms with Gasteiger partial charge in [-0.3, -0.25) is 4.79 Å². The van der Waals surface area contributed by atoms with Gasteiger partial charge < -0.3 is 19.7 Å². The zero-order valence-corrected chi connectivity index (χ0v) is 14.2. The van der Waals surface area contributed by atoms with E-state index in [-0.39, 0.29) is 23.0 Å². The molecule has 2 aliphatic carbocycles. The Bertz CT molecular complexity index is 654. The maximum atomic E-state index is 13.4. The molecule has 4 rings (SSSR count). The molecule has 7 unspecified atom stereocenters. The van der Waals surface area contributed by atoms with E-state index in [4.69, 9.17) is 9.47 Å². The molecule has 2 bridgehead atoms. The van der Waals surface area contributed by atoms with Crippen LogP contribution < -0.4 is 0 Å². The standard InChI is InChI=1S/C18H24O6/c1-8-12-15(20)18(22)7-5-4-6-10(18)17(8,3)14(19)11-13(24-12)9(2)23-16(11)21/h8-10,12,15,20,22H,4-7H2,1-3H3. The minimum absolute atomic E-state index is 0.0265. The van der Waals surface area contributed by atoms with Crippen molar-refractivity contribution >= 4 is 11.8 Å². The molecule has 0 radical (unpaired) electrons. The Morgan fingerprint density at radius 2 is 1.88 bits per heavy atom. The molecule has 2 aliphatic heterocycles. The number of esters is 1. The second-order valence-electron chi connectivity index (χ2n) is 8.00. The van der Waals surface area contributed by atoms with E-state index in [1.807, 2.05) is 13.8 Å². The van der Waals surface area contributed by atoms with Crippen LogP contribution in [0, 0.1) is 17.3 Å². The molecule has 0 saturated heterocycles. The SMILES string of the molecule is CC1OC(=O)C2=C1OC1C(O)C3(O)CCCCC3C(C)(C2=O)C1C. The summed E-state index contributed by atoms with van der Waals surface area (Å²) in [5.41, 5.74) is -2.34. The molecule has 0 amide bonds. The monoisotopic (exact) mass is 336 g/mol. The summed E-state index contributed by atoms with van der Waals surface area (Å²) in [4.78, 5) is 25.6. The molecular formula is C18H24O6. The number of carbonyl (C=O) groups excluding carboxylic acids is 2. The molecule has 0 aromatic carbocycles. The number of Topliss-reactive ketones (excluding diaryl/α,β-unsaturated/α-hetero) is 1. The van der Waals surface area contributed by atoms with Crippen molar-refractivity contribution < 1.29 is 29.3 Å². The van der Waals surface area contributed by atoms with Gasteiger partial charge in [0, 0.05) is 17.3 Å². The maximum absolute atomic E-state index is 13.4. The number of carbonyl (C=O) groups is 2. The number of hydrogen-bond donors (Lipinski definition) is 2. The molecule has 132 valence electrons. The summed E-state index contributed by atoms with van der Waals surface area (Å²) in [6.07, 6.45) is 0.333. The van der Waals surface area contributed by atoms with Crippen molar-refractivity contribution in [2.24, 2.45) is 17.3 Å². The van der Waals surface area contributed by atoms with Crippen LogP contribution in [-0.2, 0) is 19.1 Å². The van der Waals surface area contributed by atoms with E-state index in [9.17, 15) is 19.8 Å². The lowest BCUT2D eigenvalue weighted by Gasteiger charge is -2.59. The minimum Gasteiger partial charge on any atom is -0.487 e. The third-order valence-electron chi connectivity index (χ3n) is 6.99. The van der Waals surface area contributed by atoms with Gasteiger partial charge >= 0.3 is 5.97 Å². The summed E-state index contributed by atoms with van der Waals surface area (Å²) in [5, 5.41) is 22.2. The van der Waals surface area contributed by atoms with Gasteiger partial charge in [-0.15, -0.1) is 0 Å². The number of cyclic esters (lactones) is 1. The number of rotatable bonds is 0. The van der Waals surface area contributed by atoms with Crippen molar-refractivity contribution in [2.45, 2.75) is 70.4 Å². The van der Waals surface area contributed by atoms with Crippen molar-refractivity contribution in [3.8, 4) is 0 Å². The first-order chi connectivity index (χ1) is 11.2. The lowest BCUT2D eigenvalue weighted by molar-refractivity contribution is -0.249. The molecular weight excluding hydrogens is 312 g/mol. The van der Waals surface area contributed by atoms with E-state index in [2.05, 4.69) is 0 Å². The maximum Gasteiger partial charge on any atom is 0.346 e.